The molecular weight excluding hydrogens is 358 g/mol. The van der Waals surface area contributed by atoms with Gasteiger partial charge < -0.3 is 14.4 Å². The van der Waals surface area contributed by atoms with E-state index in [1.807, 2.05) is 30.3 Å². The summed E-state index contributed by atoms with van der Waals surface area (Å²) in [6.45, 7) is 2.41. The number of benzene rings is 2. The topological polar surface area (TPSA) is 73.7 Å². The zero-order valence-electron chi connectivity index (χ0n) is 16.0. The first-order valence-electron chi connectivity index (χ1n) is 9.03. The van der Waals surface area contributed by atoms with Crippen LogP contribution in [0.5, 0.6) is 11.5 Å². The number of amides is 1. The summed E-state index contributed by atoms with van der Waals surface area (Å²) in [5.41, 5.74) is 1.38. The Bertz CT molecular complexity index is 1120. The molecule has 7 nitrogen and oxygen atoms in total. The fraction of sp³-hybridized carbons (Fsp3) is 0.286. The molecule has 1 amide bonds. The lowest BCUT2D eigenvalue weighted by Gasteiger charge is -2.33. The van der Waals surface area contributed by atoms with Gasteiger partial charge in [0.15, 0.2) is 11.5 Å². The van der Waals surface area contributed by atoms with Crippen LogP contribution in [0.2, 0.25) is 0 Å². The molecule has 2 heterocycles. The number of ether oxygens (including phenoxy) is 2. The van der Waals surface area contributed by atoms with Crippen molar-refractivity contribution in [1.82, 2.24) is 14.5 Å². The maximum absolute atomic E-state index is 12.9. The number of para-hydroxylation sites is 1. The number of hydrogen-bond donors (Lipinski definition) is 0. The Kier molecular flexibility index (Phi) is 4.50. The molecule has 4 rings (SSSR count). The molecule has 1 aliphatic heterocycles. The monoisotopic (exact) mass is 379 g/mol. The van der Waals surface area contributed by atoms with E-state index in [0.29, 0.717) is 34.8 Å². The minimum Gasteiger partial charge on any atom is -0.493 e. The van der Waals surface area contributed by atoms with Gasteiger partial charge in [-0.25, -0.2) is 4.98 Å². The highest BCUT2D eigenvalue weighted by molar-refractivity contribution is 5.83. The van der Waals surface area contributed by atoms with Crippen molar-refractivity contribution in [3.8, 4) is 11.5 Å². The molecular formula is C21H21N3O4. The second-order valence-electron chi connectivity index (χ2n) is 6.78. The number of methoxy groups -OCH3 is 2. The zero-order chi connectivity index (χ0) is 19.8. The molecule has 0 fully saturated rings. The van der Waals surface area contributed by atoms with Crippen molar-refractivity contribution in [1.29, 1.82) is 0 Å². The third kappa shape index (κ3) is 2.89. The molecule has 0 aliphatic carbocycles. The first kappa shape index (κ1) is 18.0. The lowest BCUT2D eigenvalue weighted by Crippen LogP contribution is -2.46. The van der Waals surface area contributed by atoms with E-state index in [9.17, 15) is 9.59 Å². The first-order chi connectivity index (χ1) is 13.5. The largest absolute Gasteiger partial charge is 0.493 e. The van der Waals surface area contributed by atoms with Crippen LogP contribution >= 0.6 is 0 Å². The standard InChI is InChI=1S/C21H21N3O4/c1-13-20(25)23(11-14-8-9-17(27-2)18(10-14)28-3)12-19-22-16-7-5-4-6-15(16)21(26)24(13)19/h4-10,13H,11-12H2,1-3H3/t13-/m0/s1. The van der Waals surface area contributed by atoms with Gasteiger partial charge in [-0.1, -0.05) is 18.2 Å². The van der Waals surface area contributed by atoms with Gasteiger partial charge in [0.2, 0.25) is 5.91 Å². The Morgan fingerprint density at radius 3 is 2.57 bits per heavy atom. The highest BCUT2D eigenvalue weighted by Crippen LogP contribution is 2.29. The fourth-order valence-electron chi connectivity index (χ4n) is 3.66. The summed E-state index contributed by atoms with van der Waals surface area (Å²) in [7, 11) is 3.16. The first-order valence-corrected chi connectivity index (χ1v) is 9.03. The molecule has 28 heavy (non-hydrogen) atoms. The summed E-state index contributed by atoms with van der Waals surface area (Å²) in [5.74, 6) is 1.73. The van der Waals surface area contributed by atoms with Crippen LogP contribution in [0.25, 0.3) is 10.9 Å². The summed E-state index contributed by atoms with van der Waals surface area (Å²) in [6, 6.07) is 12.2. The Morgan fingerprint density at radius 1 is 1.07 bits per heavy atom. The van der Waals surface area contributed by atoms with Crippen molar-refractivity contribution in [2.24, 2.45) is 0 Å². The van der Waals surface area contributed by atoms with Crippen molar-refractivity contribution < 1.29 is 14.3 Å². The van der Waals surface area contributed by atoms with E-state index < -0.39 is 6.04 Å². The molecule has 0 saturated carbocycles. The quantitative estimate of drug-likeness (QED) is 0.696. The van der Waals surface area contributed by atoms with Gasteiger partial charge in [0, 0.05) is 6.54 Å². The zero-order valence-corrected chi connectivity index (χ0v) is 16.0. The fourth-order valence-corrected chi connectivity index (χ4v) is 3.66. The molecule has 1 aromatic heterocycles. The highest BCUT2D eigenvalue weighted by Gasteiger charge is 2.32. The minimum atomic E-state index is -0.603. The van der Waals surface area contributed by atoms with Gasteiger partial charge in [-0.2, -0.15) is 0 Å². The van der Waals surface area contributed by atoms with Gasteiger partial charge in [-0.05, 0) is 36.8 Å². The summed E-state index contributed by atoms with van der Waals surface area (Å²) in [4.78, 5) is 32.2. The number of rotatable bonds is 4. The Morgan fingerprint density at radius 2 is 1.82 bits per heavy atom. The lowest BCUT2D eigenvalue weighted by molar-refractivity contribution is -0.137. The van der Waals surface area contributed by atoms with E-state index in [4.69, 9.17) is 9.47 Å². The molecule has 7 heteroatoms. The van der Waals surface area contributed by atoms with Crippen LogP contribution in [0, 0.1) is 0 Å². The number of nitrogens with zero attached hydrogens (tertiary/aromatic N) is 3. The van der Waals surface area contributed by atoms with E-state index in [0.717, 1.165) is 5.56 Å². The van der Waals surface area contributed by atoms with E-state index >= 15 is 0 Å². The molecule has 1 aliphatic rings. The summed E-state index contributed by atoms with van der Waals surface area (Å²) in [6.07, 6.45) is 0. The van der Waals surface area contributed by atoms with Gasteiger partial charge in [0.25, 0.3) is 5.56 Å². The van der Waals surface area contributed by atoms with Crippen molar-refractivity contribution in [3.05, 3.63) is 64.2 Å². The van der Waals surface area contributed by atoms with E-state index in [1.165, 1.54) is 4.57 Å². The predicted octanol–water partition coefficient (Wildman–Crippen LogP) is 2.52. The maximum Gasteiger partial charge on any atom is 0.262 e. The number of carbonyl (C=O) groups excluding carboxylic acids is 1. The van der Waals surface area contributed by atoms with Crippen molar-refractivity contribution in [2.75, 3.05) is 14.2 Å². The Balaban J connectivity index is 1.71. The van der Waals surface area contributed by atoms with Gasteiger partial charge in [0.05, 0.1) is 31.7 Å². The van der Waals surface area contributed by atoms with Crippen molar-refractivity contribution >= 4 is 16.8 Å². The summed E-state index contributed by atoms with van der Waals surface area (Å²) in [5, 5.41) is 0.527. The SMILES string of the molecule is COc1ccc(CN2Cc3nc4ccccc4c(=O)n3[C@@H](C)C2=O)cc1OC. The van der Waals surface area contributed by atoms with Crippen LogP contribution < -0.4 is 15.0 Å². The molecule has 3 aromatic rings. The highest BCUT2D eigenvalue weighted by atomic mass is 16.5. The second-order valence-corrected chi connectivity index (χ2v) is 6.78. The smallest absolute Gasteiger partial charge is 0.262 e. The van der Waals surface area contributed by atoms with Gasteiger partial charge in [-0.15, -0.1) is 0 Å². The molecule has 0 unspecified atom stereocenters. The van der Waals surface area contributed by atoms with Gasteiger partial charge in [0.1, 0.15) is 11.9 Å². The Hall–Kier alpha value is -3.35. The van der Waals surface area contributed by atoms with E-state index in [2.05, 4.69) is 4.98 Å². The van der Waals surface area contributed by atoms with E-state index in [1.54, 1.807) is 38.2 Å². The average molecular weight is 379 g/mol. The van der Waals surface area contributed by atoms with Crippen LogP contribution in [-0.2, 0) is 17.9 Å². The molecule has 0 radical (unpaired) electrons. The summed E-state index contributed by atoms with van der Waals surface area (Å²) < 4.78 is 12.1. The normalized spacial score (nSPS) is 16.2. The average Bonchev–Trinajstić information content (AvgIpc) is 2.71. The van der Waals surface area contributed by atoms with Crippen LogP contribution in [0.3, 0.4) is 0 Å². The van der Waals surface area contributed by atoms with Crippen LogP contribution in [0.15, 0.2) is 47.3 Å². The number of aromatic nitrogens is 2. The predicted molar refractivity (Wildman–Crippen MR) is 105 cm³/mol. The molecule has 1 atom stereocenters. The van der Waals surface area contributed by atoms with Gasteiger partial charge in [-0.3, -0.25) is 14.2 Å². The van der Waals surface area contributed by atoms with E-state index in [-0.39, 0.29) is 18.0 Å². The number of hydrogen-bond acceptors (Lipinski definition) is 5. The lowest BCUT2D eigenvalue weighted by atomic mass is 10.1. The van der Waals surface area contributed by atoms with Crippen LogP contribution in [0.4, 0.5) is 0 Å². The molecule has 0 bridgehead atoms. The maximum atomic E-state index is 12.9. The van der Waals surface area contributed by atoms with Crippen molar-refractivity contribution in [3.63, 3.8) is 0 Å². The second kappa shape index (κ2) is 6.99. The van der Waals surface area contributed by atoms with Crippen LogP contribution in [-0.4, -0.2) is 34.6 Å². The molecule has 0 spiro atoms. The number of carbonyl (C=O) groups is 1. The molecule has 2 aromatic carbocycles. The Labute approximate surface area is 162 Å². The molecule has 144 valence electrons. The third-order valence-corrected chi connectivity index (χ3v) is 5.09. The minimum absolute atomic E-state index is 0.110. The molecule has 0 N–H and O–H groups in total. The van der Waals surface area contributed by atoms with Gasteiger partial charge >= 0.3 is 0 Å². The van der Waals surface area contributed by atoms with Crippen LogP contribution in [0.1, 0.15) is 24.4 Å². The third-order valence-electron chi connectivity index (χ3n) is 5.09. The number of fused-ring (bicyclic) bond motifs is 2. The summed E-state index contributed by atoms with van der Waals surface area (Å²) >= 11 is 0. The molecule has 0 saturated heterocycles. The van der Waals surface area contributed by atoms with Crippen molar-refractivity contribution in [2.45, 2.75) is 26.1 Å².